The summed E-state index contributed by atoms with van der Waals surface area (Å²) in [5, 5.41) is 2.57. The zero-order valence-electron chi connectivity index (χ0n) is 12.1. The third-order valence-corrected chi connectivity index (χ3v) is 5.74. The van der Waals surface area contributed by atoms with E-state index in [2.05, 4.69) is 10.0 Å². The zero-order valence-corrected chi connectivity index (χ0v) is 13.7. The molecule has 1 heterocycles. The Hall–Kier alpha value is -1.45. The van der Waals surface area contributed by atoms with Crippen molar-refractivity contribution in [1.29, 1.82) is 0 Å². The molecule has 9 heteroatoms. The number of anilines is 1. The molecule has 7 nitrogen and oxygen atoms in total. The SMILES string of the molecule is COc1ccc(NC(=O)OC[C@@H]2CSCCS(=O)(=O)N2)cc1. The first kappa shape index (κ1) is 16.9. The summed E-state index contributed by atoms with van der Waals surface area (Å²) >= 11 is 1.52. The number of hydrogen-bond donors (Lipinski definition) is 2. The maximum atomic E-state index is 11.7. The number of methoxy groups -OCH3 is 1. The fourth-order valence-corrected chi connectivity index (χ4v) is 4.69. The molecule has 1 atom stereocenters. The Bertz CT molecular complexity index is 603. The maximum Gasteiger partial charge on any atom is 0.411 e. The predicted molar refractivity (Wildman–Crippen MR) is 86.0 cm³/mol. The number of benzene rings is 1. The van der Waals surface area contributed by atoms with E-state index in [9.17, 15) is 13.2 Å². The van der Waals surface area contributed by atoms with E-state index >= 15 is 0 Å². The van der Waals surface area contributed by atoms with Crippen molar-refractivity contribution in [2.45, 2.75) is 6.04 Å². The molecule has 0 aromatic heterocycles. The molecule has 0 spiro atoms. The van der Waals surface area contributed by atoms with Gasteiger partial charge in [0.15, 0.2) is 0 Å². The highest BCUT2D eigenvalue weighted by Gasteiger charge is 2.23. The number of sulfonamides is 1. The number of ether oxygens (including phenoxy) is 2. The molecule has 1 saturated heterocycles. The molecule has 22 heavy (non-hydrogen) atoms. The van der Waals surface area contributed by atoms with Crippen molar-refractivity contribution < 1.29 is 22.7 Å². The Balaban J connectivity index is 1.81. The second-order valence-corrected chi connectivity index (χ2v) is 7.68. The summed E-state index contributed by atoms with van der Waals surface area (Å²) in [5.41, 5.74) is 0.571. The lowest BCUT2D eigenvalue weighted by Crippen LogP contribution is -2.40. The molecule has 1 aliphatic heterocycles. The molecule has 122 valence electrons. The fourth-order valence-electron chi connectivity index (χ4n) is 1.83. The lowest BCUT2D eigenvalue weighted by Gasteiger charge is -2.15. The molecule has 2 rings (SSSR count). The summed E-state index contributed by atoms with van der Waals surface area (Å²) in [4.78, 5) is 11.7. The first-order valence-electron chi connectivity index (χ1n) is 6.64. The van der Waals surface area contributed by atoms with Crippen molar-refractivity contribution in [1.82, 2.24) is 4.72 Å². The average molecular weight is 346 g/mol. The van der Waals surface area contributed by atoms with Crippen LogP contribution in [-0.2, 0) is 14.8 Å². The van der Waals surface area contributed by atoms with Gasteiger partial charge in [-0.2, -0.15) is 11.8 Å². The summed E-state index contributed by atoms with van der Waals surface area (Å²) in [5.74, 6) is 1.90. The van der Waals surface area contributed by atoms with Gasteiger partial charge in [0.05, 0.1) is 18.9 Å². The van der Waals surface area contributed by atoms with E-state index in [-0.39, 0.29) is 12.4 Å². The number of thioether (sulfide) groups is 1. The van der Waals surface area contributed by atoms with Crippen LogP contribution in [0, 0.1) is 0 Å². The minimum absolute atomic E-state index is 0.00574. The van der Waals surface area contributed by atoms with Gasteiger partial charge in [0.2, 0.25) is 10.0 Å². The molecule has 1 aromatic rings. The molecule has 1 fully saturated rings. The average Bonchev–Trinajstić information content (AvgIpc) is 2.66. The van der Waals surface area contributed by atoms with Gasteiger partial charge in [0, 0.05) is 17.2 Å². The summed E-state index contributed by atoms with van der Waals surface area (Å²) in [6.45, 7) is -0.00574. The van der Waals surface area contributed by atoms with Gasteiger partial charge in [-0.15, -0.1) is 0 Å². The second kappa shape index (κ2) is 7.70. The van der Waals surface area contributed by atoms with Crippen molar-refractivity contribution in [2.75, 3.05) is 36.3 Å². The van der Waals surface area contributed by atoms with Crippen LogP contribution in [0.2, 0.25) is 0 Å². The van der Waals surface area contributed by atoms with Crippen molar-refractivity contribution in [3.8, 4) is 5.75 Å². The monoisotopic (exact) mass is 346 g/mol. The number of rotatable bonds is 4. The highest BCUT2D eigenvalue weighted by Crippen LogP contribution is 2.15. The third kappa shape index (κ3) is 5.39. The summed E-state index contributed by atoms with van der Waals surface area (Å²) in [6, 6.07) is 6.39. The van der Waals surface area contributed by atoms with Gasteiger partial charge in [-0.1, -0.05) is 0 Å². The topological polar surface area (TPSA) is 93.7 Å². The molecular weight excluding hydrogens is 328 g/mol. The van der Waals surface area contributed by atoms with Crippen LogP contribution in [0.15, 0.2) is 24.3 Å². The van der Waals surface area contributed by atoms with E-state index in [0.717, 1.165) is 0 Å². The maximum absolute atomic E-state index is 11.7. The van der Waals surface area contributed by atoms with Crippen molar-refractivity contribution in [3.63, 3.8) is 0 Å². The smallest absolute Gasteiger partial charge is 0.411 e. The Labute approximate surface area is 133 Å². The van der Waals surface area contributed by atoms with Crippen LogP contribution in [0.4, 0.5) is 10.5 Å². The van der Waals surface area contributed by atoms with E-state index < -0.39 is 22.2 Å². The number of carbonyl (C=O) groups excluding carboxylic acids is 1. The second-order valence-electron chi connectivity index (χ2n) is 4.66. The van der Waals surface area contributed by atoms with E-state index in [1.807, 2.05) is 0 Å². The number of hydrogen-bond acceptors (Lipinski definition) is 6. The van der Waals surface area contributed by atoms with Gasteiger partial charge >= 0.3 is 6.09 Å². The molecule has 0 unspecified atom stereocenters. The van der Waals surface area contributed by atoms with Crippen LogP contribution >= 0.6 is 11.8 Å². The first-order valence-corrected chi connectivity index (χ1v) is 9.45. The van der Waals surface area contributed by atoms with Gasteiger partial charge < -0.3 is 9.47 Å². The van der Waals surface area contributed by atoms with Gasteiger partial charge in [0.1, 0.15) is 12.4 Å². The first-order chi connectivity index (χ1) is 10.5. The molecular formula is C13H18N2O5S2. The van der Waals surface area contributed by atoms with E-state index in [1.54, 1.807) is 31.4 Å². The number of carbonyl (C=O) groups is 1. The van der Waals surface area contributed by atoms with E-state index in [4.69, 9.17) is 9.47 Å². The Morgan fingerprint density at radius 1 is 1.41 bits per heavy atom. The molecule has 1 aromatic carbocycles. The van der Waals surface area contributed by atoms with Gasteiger partial charge in [-0.3, -0.25) is 5.32 Å². The molecule has 0 saturated carbocycles. The standard InChI is InChI=1S/C13H18N2O5S2/c1-19-12-4-2-10(3-5-12)14-13(16)20-8-11-9-21-6-7-22(17,18)15-11/h2-5,11,15H,6-9H2,1H3,(H,14,16)/t11-/m1/s1. The zero-order chi connectivity index (χ0) is 16.0. The lowest BCUT2D eigenvalue weighted by atomic mass is 10.3. The number of nitrogens with one attached hydrogen (secondary N) is 2. The normalized spacial score (nSPS) is 20.7. The third-order valence-electron chi connectivity index (χ3n) is 2.91. The highest BCUT2D eigenvalue weighted by molar-refractivity contribution is 8.00. The Morgan fingerprint density at radius 3 is 2.82 bits per heavy atom. The summed E-state index contributed by atoms with van der Waals surface area (Å²) in [6.07, 6.45) is -0.626. The largest absolute Gasteiger partial charge is 0.497 e. The fraction of sp³-hybridized carbons (Fsp3) is 0.462. The van der Waals surface area contributed by atoms with Crippen LogP contribution in [0.5, 0.6) is 5.75 Å². The van der Waals surface area contributed by atoms with Crippen LogP contribution < -0.4 is 14.8 Å². The van der Waals surface area contributed by atoms with E-state index in [0.29, 0.717) is 22.9 Å². The lowest BCUT2D eigenvalue weighted by molar-refractivity contribution is 0.154. The summed E-state index contributed by atoms with van der Waals surface area (Å²) in [7, 11) is -1.72. The highest BCUT2D eigenvalue weighted by atomic mass is 32.2. The minimum Gasteiger partial charge on any atom is -0.497 e. The predicted octanol–water partition coefficient (Wildman–Crippen LogP) is 1.28. The van der Waals surface area contributed by atoms with Gasteiger partial charge in [-0.25, -0.2) is 17.9 Å². The molecule has 0 bridgehead atoms. The molecule has 1 aliphatic rings. The minimum atomic E-state index is -3.28. The van der Waals surface area contributed by atoms with Crippen LogP contribution in [0.3, 0.4) is 0 Å². The van der Waals surface area contributed by atoms with Crippen LogP contribution in [-0.4, -0.2) is 51.5 Å². The van der Waals surface area contributed by atoms with Gasteiger partial charge in [-0.05, 0) is 24.3 Å². The van der Waals surface area contributed by atoms with Crippen LogP contribution in [0.25, 0.3) is 0 Å². The molecule has 0 aliphatic carbocycles. The van der Waals surface area contributed by atoms with Crippen molar-refractivity contribution >= 4 is 33.6 Å². The molecule has 2 N–H and O–H groups in total. The summed E-state index contributed by atoms with van der Waals surface area (Å²) < 4.78 is 35.8. The van der Waals surface area contributed by atoms with Crippen molar-refractivity contribution in [2.24, 2.45) is 0 Å². The number of amides is 1. The Kier molecular flexibility index (Phi) is 5.92. The quantitative estimate of drug-likeness (QED) is 0.853. The van der Waals surface area contributed by atoms with E-state index in [1.165, 1.54) is 11.8 Å². The molecule has 1 amide bonds. The van der Waals surface area contributed by atoms with Gasteiger partial charge in [0.25, 0.3) is 0 Å². The Morgan fingerprint density at radius 2 is 2.14 bits per heavy atom. The molecule has 0 radical (unpaired) electrons. The van der Waals surface area contributed by atoms with Crippen LogP contribution in [0.1, 0.15) is 0 Å². The van der Waals surface area contributed by atoms with Crippen molar-refractivity contribution in [3.05, 3.63) is 24.3 Å².